The van der Waals surface area contributed by atoms with Crippen LogP contribution in [0.3, 0.4) is 0 Å². The van der Waals surface area contributed by atoms with Crippen LogP contribution in [0, 0.1) is 6.92 Å². The summed E-state index contributed by atoms with van der Waals surface area (Å²) in [7, 11) is 0. The quantitative estimate of drug-likeness (QED) is 0.781. The van der Waals surface area contributed by atoms with E-state index in [2.05, 4.69) is 5.32 Å². The molecule has 2 rings (SSSR count). The number of aliphatic hydroxyl groups is 1. The van der Waals surface area contributed by atoms with Crippen molar-refractivity contribution in [3.8, 4) is 5.75 Å². The molecule has 0 bridgehead atoms. The fraction of sp³-hybridized carbons (Fsp3) is 0.350. The van der Waals surface area contributed by atoms with Crippen LogP contribution in [0.4, 0.5) is 0 Å². The first-order valence-electron chi connectivity index (χ1n) is 8.29. The maximum Gasteiger partial charge on any atom is 0.261 e. The number of nitrogens with one attached hydrogen (secondary N) is 1. The molecule has 2 atom stereocenters. The molecule has 0 heterocycles. The first-order valence-corrected chi connectivity index (χ1v) is 8.29. The predicted octanol–water partition coefficient (Wildman–Crippen LogP) is 3.39. The fourth-order valence-corrected chi connectivity index (χ4v) is 2.47. The molecular formula is C20H25NO3. The minimum atomic E-state index is -0.590. The lowest BCUT2D eigenvalue weighted by molar-refractivity contribution is -0.128. The predicted molar refractivity (Wildman–Crippen MR) is 94.9 cm³/mol. The van der Waals surface area contributed by atoms with Crippen LogP contribution in [0.2, 0.25) is 0 Å². The lowest BCUT2D eigenvalue weighted by Gasteiger charge is -2.22. The van der Waals surface area contributed by atoms with Gasteiger partial charge in [0.15, 0.2) is 6.10 Å². The smallest absolute Gasteiger partial charge is 0.261 e. The molecule has 1 amide bonds. The molecule has 0 saturated heterocycles. The van der Waals surface area contributed by atoms with Gasteiger partial charge in [0, 0.05) is 6.61 Å². The minimum Gasteiger partial charge on any atom is -0.481 e. The molecule has 0 aromatic heterocycles. The van der Waals surface area contributed by atoms with Crippen LogP contribution in [0.15, 0.2) is 54.6 Å². The Balaban J connectivity index is 1.99. The number of hydrogen-bond donors (Lipinski definition) is 2. The molecule has 0 spiro atoms. The second-order valence-electron chi connectivity index (χ2n) is 5.91. The van der Waals surface area contributed by atoms with Gasteiger partial charge in [-0.25, -0.2) is 0 Å². The van der Waals surface area contributed by atoms with Gasteiger partial charge >= 0.3 is 0 Å². The average molecular weight is 327 g/mol. The van der Waals surface area contributed by atoms with Gasteiger partial charge in [0.1, 0.15) is 5.75 Å². The third-order valence-electron chi connectivity index (χ3n) is 3.87. The Labute approximate surface area is 143 Å². The molecule has 2 unspecified atom stereocenters. The number of ether oxygens (including phenoxy) is 1. The average Bonchev–Trinajstić information content (AvgIpc) is 2.61. The van der Waals surface area contributed by atoms with Gasteiger partial charge in [0.2, 0.25) is 0 Å². The van der Waals surface area contributed by atoms with E-state index < -0.39 is 6.10 Å². The number of carbonyl (C=O) groups excluding carboxylic acids is 1. The van der Waals surface area contributed by atoms with Crippen LogP contribution in [-0.4, -0.2) is 23.7 Å². The number of carbonyl (C=O) groups is 1. The zero-order valence-electron chi connectivity index (χ0n) is 14.2. The zero-order valence-corrected chi connectivity index (χ0v) is 14.2. The van der Waals surface area contributed by atoms with E-state index in [1.165, 1.54) is 0 Å². The van der Waals surface area contributed by atoms with Crippen molar-refractivity contribution in [1.82, 2.24) is 5.32 Å². The molecule has 4 heteroatoms. The second-order valence-corrected chi connectivity index (χ2v) is 5.91. The maximum absolute atomic E-state index is 12.5. The van der Waals surface area contributed by atoms with Crippen LogP contribution < -0.4 is 10.1 Å². The van der Waals surface area contributed by atoms with Crippen molar-refractivity contribution in [3.63, 3.8) is 0 Å². The largest absolute Gasteiger partial charge is 0.481 e. The molecule has 0 aliphatic carbocycles. The Kier molecular flexibility index (Phi) is 6.82. The van der Waals surface area contributed by atoms with E-state index in [1.807, 2.05) is 61.5 Å². The summed E-state index contributed by atoms with van der Waals surface area (Å²) in [5.41, 5.74) is 2.18. The lowest BCUT2D eigenvalue weighted by atomic mass is 10.0. The molecule has 4 nitrogen and oxygen atoms in total. The molecule has 128 valence electrons. The first kappa shape index (κ1) is 18.0. The van der Waals surface area contributed by atoms with E-state index in [4.69, 9.17) is 9.84 Å². The summed E-state index contributed by atoms with van der Waals surface area (Å²) in [6.45, 7) is 3.85. The molecule has 2 aromatic rings. The number of hydrogen-bond acceptors (Lipinski definition) is 3. The summed E-state index contributed by atoms with van der Waals surface area (Å²) < 4.78 is 5.71. The van der Waals surface area contributed by atoms with Gasteiger partial charge in [-0.15, -0.1) is 0 Å². The summed E-state index contributed by atoms with van der Waals surface area (Å²) in [6, 6.07) is 17.3. The molecule has 0 fully saturated rings. The van der Waals surface area contributed by atoms with Gasteiger partial charge in [-0.2, -0.15) is 0 Å². The SMILES string of the molecule is Cc1ccc(OC(C)C(=O)NC(CCCO)c2ccccc2)cc1. The molecule has 2 N–H and O–H groups in total. The van der Waals surface area contributed by atoms with Crippen LogP contribution >= 0.6 is 0 Å². The van der Waals surface area contributed by atoms with Crippen LogP contribution in [0.25, 0.3) is 0 Å². The van der Waals surface area contributed by atoms with Crippen molar-refractivity contribution in [2.45, 2.75) is 38.8 Å². The summed E-state index contributed by atoms with van der Waals surface area (Å²) in [5.74, 6) is 0.511. The number of rotatable bonds is 8. The highest BCUT2D eigenvalue weighted by molar-refractivity contribution is 5.81. The van der Waals surface area contributed by atoms with Crippen molar-refractivity contribution in [3.05, 3.63) is 65.7 Å². The molecule has 0 saturated carbocycles. The highest BCUT2D eigenvalue weighted by Crippen LogP contribution is 2.19. The van der Waals surface area contributed by atoms with Gasteiger partial charge in [-0.1, -0.05) is 48.0 Å². The van der Waals surface area contributed by atoms with Gasteiger partial charge in [-0.3, -0.25) is 4.79 Å². The second kappa shape index (κ2) is 9.08. The van der Waals surface area contributed by atoms with Gasteiger partial charge in [0.25, 0.3) is 5.91 Å². The summed E-state index contributed by atoms with van der Waals surface area (Å²) in [6.07, 6.45) is 0.726. The van der Waals surface area contributed by atoms with Gasteiger partial charge in [0.05, 0.1) is 6.04 Å². The summed E-state index contributed by atoms with van der Waals surface area (Å²) >= 11 is 0. The molecule has 0 radical (unpaired) electrons. The monoisotopic (exact) mass is 327 g/mol. The van der Waals surface area contributed by atoms with E-state index >= 15 is 0 Å². The molecule has 2 aromatic carbocycles. The van der Waals surface area contributed by atoms with Crippen molar-refractivity contribution < 1.29 is 14.6 Å². The first-order chi connectivity index (χ1) is 11.6. The molecular weight excluding hydrogens is 302 g/mol. The Morgan fingerprint density at radius 2 is 1.79 bits per heavy atom. The third kappa shape index (κ3) is 5.39. The molecule has 0 aliphatic rings. The van der Waals surface area contributed by atoms with Crippen LogP contribution in [-0.2, 0) is 4.79 Å². The maximum atomic E-state index is 12.5. The normalized spacial score (nSPS) is 13.1. The highest BCUT2D eigenvalue weighted by atomic mass is 16.5. The fourth-order valence-electron chi connectivity index (χ4n) is 2.47. The Hall–Kier alpha value is -2.33. The number of aliphatic hydroxyl groups excluding tert-OH is 1. The Bertz CT molecular complexity index is 625. The Morgan fingerprint density at radius 1 is 1.12 bits per heavy atom. The summed E-state index contributed by atoms with van der Waals surface area (Å²) in [5, 5.41) is 12.1. The standard InChI is InChI=1S/C20H25NO3/c1-15-10-12-18(13-11-15)24-16(2)20(23)21-19(9-6-14-22)17-7-4-3-5-8-17/h3-5,7-8,10-13,16,19,22H,6,9,14H2,1-2H3,(H,21,23). The van der Waals surface area contributed by atoms with E-state index in [0.717, 1.165) is 11.1 Å². The number of benzene rings is 2. The van der Waals surface area contributed by atoms with Crippen LogP contribution in [0.1, 0.15) is 36.9 Å². The van der Waals surface area contributed by atoms with Crippen molar-refractivity contribution in [2.24, 2.45) is 0 Å². The Morgan fingerprint density at radius 3 is 2.42 bits per heavy atom. The van der Waals surface area contributed by atoms with Gasteiger partial charge < -0.3 is 15.2 Å². The molecule has 0 aliphatic heterocycles. The third-order valence-corrected chi connectivity index (χ3v) is 3.87. The van der Waals surface area contributed by atoms with E-state index in [9.17, 15) is 4.79 Å². The summed E-state index contributed by atoms with van der Waals surface area (Å²) in [4.78, 5) is 12.5. The molecule has 24 heavy (non-hydrogen) atoms. The van der Waals surface area contributed by atoms with E-state index in [0.29, 0.717) is 18.6 Å². The zero-order chi connectivity index (χ0) is 17.4. The van der Waals surface area contributed by atoms with Crippen molar-refractivity contribution >= 4 is 5.91 Å². The number of amides is 1. The van der Waals surface area contributed by atoms with Crippen LogP contribution in [0.5, 0.6) is 5.75 Å². The lowest BCUT2D eigenvalue weighted by Crippen LogP contribution is -2.38. The van der Waals surface area contributed by atoms with Crippen molar-refractivity contribution in [2.75, 3.05) is 6.61 Å². The number of aryl methyl sites for hydroxylation is 1. The minimum absolute atomic E-state index is 0.106. The van der Waals surface area contributed by atoms with Crippen molar-refractivity contribution in [1.29, 1.82) is 0 Å². The van der Waals surface area contributed by atoms with E-state index in [-0.39, 0.29) is 18.6 Å². The topological polar surface area (TPSA) is 58.6 Å². The van der Waals surface area contributed by atoms with Gasteiger partial charge in [-0.05, 0) is 44.4 Å². The highest BCUT2D eigenvalue weighted by Gasteiger charge is 2.20. The van der Waals surface area contributed by atoms with E-state index in [1.54, 1.807) is 6.92 Å².